The van der Waals surface area contributed by atoms with E-state index in [1.54, 1.807) is 12.1 Å². The summed E-state index contributed by atoms with van der Waals surface area (Å²) in [6.07, 6.45) is 6.14. The van der Waals surface area contributed by atoms with Crippen LogP contribution >= 0.6 is 0 Å². The van der Waals surface area contributed by atoms with Gasteiger partial charge in [0.05, 0.1) is 23.9 Å². The van der Waals surface area contributed by atoms with Crippen LogP contribution in [0.2, 0.25) is 0 Å². The summed E-state index contributed by atoms with van der Waals surface area (Å²) in [7, 11) is 0. The van der Waals surface area contributed by atoms with E-state index >= 15 is 0 Å². The first-order valence-electron chi connectivity index (χ1n) is 6.31. The molecule has 94 valence electrons. The number of aromatic hydroxyl groups is 1. The van der Waals surface area contributed by atoms with Crippen molar-refractivity contribution in [1.29, 1.82) is 0 Å². The van der Waals surface area contributed by atoms with E-state index in [0.29, 0.717) is 11.8 Å². The van der Waals surface area contributed by atoms with Crippen LogP contribution in [-0.2, 0) is 0 Å². The molecular weight excluding hydrogens is 226 g/mol. The molecule has 0 radical (unpaired) electrons. The van der Waals surface area contributed by atoms with Crippen LogP contribution in [-0.4, -0.2) is 21.2 Å². The Bertz CT molecular complexity index is 556. The lowest BCUT2D eigenvalue weighted by Gasteiger charge is -2.15. The second-order valence-electron chi connectivity index (χ2n) is 4.81. The van der Waals surface area contributed by atoms with Gasteiger partial charge < -0.3 is 15.0 Å². The highest BCUT2D eigenvalue weighted by molar-refractivity contribution is 5.45. The van der Waals surface area contributed by atoms with Crippen LogP contribution in [0.3, 0.4) is 0 Å². The molecule has 2 N–H and O–H groups in total. The number of benzene rings is 1. The fraction of sp³-hybridized carbons (Fsp3) is 0.357. The third-order valence-corrected chi connectivity index (χ3v) is 3.52. The van der Waals surface area contributed by atoms with Gasteiger partial charge in [0.1, 0.15) is 5.75 Å². The molecule has 1 atom stereocenters. The van der Waals surface area contributed by atoms with Gasteiger partial charge >= 0.3 is 0 Å². The first-order valence-corrected chi connectivity index (χ1v) is 6.31. The van der Waals surface area contributed by atoms with E-state index in [-0.39, 0.29) is 0 Å². The van der Waals surface area contributed by atoms with Crippen LogP contribution in [0.5, 0.6) is 5.75 Å². The van der Waals surface area contributed by atoms with E-state index in [0.717, 1.165) is 24.2 Å². The van der Waals surface area contributed by atoms with Crippen LogP contribution in [0.1, 0.15) is 30.1 Å². The molecule has 0 aliphatic carbocycles. The number of aromatic nitrogens is 2. The third kappa shape index (κ3) is 1.88. The molecular formula is C14H17N3O. The summed E-state index contributed by atoms with van der Waals surface area (Å²) in [5, 5.41) is 13.0. The van der Waals surface area contributed by atoms with Gasteiger partial charge in [0, 0.05) is 6.04 Å². The molecule has 1 aromatic carbocycles. The number of imidazole rings is 1. The Morgan fingerprint density at radius 3 is 3.06 bits per heavy atom. The van der Waals surface area contributed by atoms with Gasteiger partial charge in [-0.05, 0) is 50.1 Å². The molecule has 1 saturated heterocycles. The predicted molar refractivity (Wildman–Crippen MR) is 69.9 cm³/mol. The molecule has 18 heavy (non-hydrogen) atoms. The van der Waals surface area contributed by atoms with Crippen molar-refractivity contribution < 1.29 is 5.11 Å². The van der Waals surface area contributed by atoms with Gasteiger partial charge in [0.25, 0.3) is 0 Å². The average molecular weight is 243 g/mol. The minimum absolute atomic E-state index is 0.303. The monoisotopic (exact) mass is 243 g/mol. The molecule has 0 spiro atoms. The maximum absolute atomic E-state index is 9.48. The van der Waals surface area contributed by atoms with Crippen molar-refractivity contribution in [3.63, 3.8) is 0 Å². The highest BCUT2D eigenvalue weighted by Gasteiger charge is 2.20. The number of phenols is 1. The number of nitrogens with zero attached hydrogens (tertiary/aromatic N) is 2. The Kier molecular flexibility index (Phi) is 2.80. The maximum Gasteiger partial charge on any atom is 0.115 e. The highest BCUT2D eigenvalue weighted by atomic mass is 16.3. The van der Waals surface area contributed by atoms with Crippen LogP contribution < -0.4 is 5.32 Å². The molecule has 2 heterocycles. The van der Waals surface area contributed by atoms with Gasteiger partial charge in [-0.2, -0.15) is 0 Å². The van der Waals surface area contributed by atoms with Crippen molar-refractivity contribution in [3.05, 3.63) is 42.0 Å². The number of aryl methyl sites for hydroxylation is 1. The quantitative estimate of drug-likeness (QED) is 0.851. The number of hydrogen-bond donors (Lipinski definition) is 2. The fourth-order valence-electron chi connectivity index (χ4n) is 2.61. The van der Waals surface area contributed by atoms with Crippen LogP contribution in [0.15, 0.2) is 30.7 Å². The van der Waals surface area contributed by atoms with Crippen molar-refractivity contribution in [1.82, 2.24) is 14.9 Å². The lowest BCUT2D eigenvalue weighted by atomic mass is 10.1. The van der Waals surface area contributed by atoms with Crippen LogP contribution in [0, 0.1) is 6.92 Å². The number of nitrogens with one attached hydrogen (secondary N) is 1. The van der Waals surface area contributed by atoms with E-state index in [1.165, 1.54) is 12.1 Å². The van der Waals surface area contributed by atoms with Gasteiger partial charge in [-0.1, -0.05) is 0 Å². The molecule has 4 heteroatoms. The molecule has 0 unspecified atom stereocenters. The molecule has 0 bridgehead atoms. The van der Waals surface area contributed by atoms with Crippen molar-refractivity contribution in [2.45, 2.75) is 25.8 Å². The number of phenolic OH excluding ortho intramolecular Hbond substituents is 1. The Hall–Kier alpha value is -1.81. The van der Waals surface area contributed by atoms with E-state index < -0.39 is 0 Å². The summed E-state index contributed by atoms with van der Waals surface area (Å²) in [4.78, 5) is 4.27. The van der Waals surface area contributed by atoms with Crippen LogP contribution in [0.4, 0.5) is 0 Å². The Balaban J connectivity index is 2.03. The Morgan fingerprint density at radius 1 is 1.44 bits per heavy atom. The van der Waals surface area contributed by atoms with E-state index in [1.807, 2.05) is 25.5 Å². The van der Waals surface area contributed by atoms with E-state index in [9.17, 15) is 5.11 Å². The largest absolute Gasteiger partial charge is 0.508 e. The average Bonchev–Trinajstić information content (AvgIpc) is 2.98. The van der Waals surface area contributed by atoms with Crippen molar-refractivity contribution in [2.75, 3.05) is 6.54 Å². The molecule has 2 aromatic rings. The molecule has 1 fully saturated rings. The lowest BCUT2D eigenvalue weighted by molar-refractivity contribution is 0.474. The summed E-state index contributed by atoms with van der Waals surface area (Å²) in [5.41, 5.74) is 3.32. The van der Waals surface area contributed by atoms with Crippen molar-refractivity contribution in [2.24, 2.45) is 0 Å². The zero-order valence-corrected chi connectivity index (χ0v) is 10.4. The first-order chi connectivity index (χ1) is 8.75. The van der Waals surface area contributed by atoms with Gasteiger partial charge in [-0.15, -0.1) is 0 Å². The zero-order chi connectivity index (χ0) is 12.5. The summed E-state index contributed by atoms with van der Waals surface area (Å²) in [6.45, 7) is 3.07. The normalized spacial score (nSPS) is 19.3. The minimum atomic E-state index is 0.303. The molecule has 1 aliphatic heterocycles. The SMILES string of the molecule is Cc1cc(O)ccc1-n1cncc1[C@@H]1CCCN1. The predicted octanol–water partition coefficient (Wildman–Crippen LogP) is 2.31. The van der Waals surface area contributed by atoms with Gasteiger partial charge in [-0.25, -0.2) is 4.98 Å². The summed E-state index contributed by atoms with van der Waals surface area (Å²) >= 11 is 0. The zero-order valence-electron chi connectivity index (χ0n) is 10.4. The molecule has 4 nitrogen and oxygen atoms in total. The van der Waals surface area contributed by atoms with Crippen molar-refractivity contribution in [3.8, 4) is 11.4 Å². The number of hydrogen-bond acceptors (Lipinski definition) is 3. The number of rotatable bonds is 2. The summed E-state index contributed by atoms with van der Waals surface area (Å²) in [6, 6.07) is 5.82. The summed E-state index contributed by atoms with van der Waals surface area (Å²) in [5.74, 6) is 0.303. The second kappa shape index (κ2) is 4.46. The van der Waals surface area contributed by atoms with Gasteiger partial charge in [0.15, 0.2) is 0 Å². The molecule has 0 amide bonds. The minimum Gasteiger partial charge on any atom is -0.508 e. The fourth-order valence-corrected chi connectivity index (χ4v) is 2.61. The summed E-state index contributed by atoms with van der Waals surface area (Å²) < 4.78 is 2.11. The molecule has 0 saturated carbocycles. The molecule has 1 aromatic heterocycles. The Morgan fingerprint density at radius 2 is 2.33 bits per heavy atom. The van der Waals surface area contributed by atoms with Gasteiger partial charge in [-0.3, -0.25) is 0 Å². The Labute approximate surface area is 106 Å². The first kappa shape index (κ1) is 11.3. The highest BCUT2D eigenvalue weighted by Crippen LogP contribution is 2.27. The smallest absolute Gasteiger partial charge is 0.115 e. The standard InChI is InChI=1S/C14H17N3O/c1-10-7-11(18)4-5-13(10)17-9-15-8-14(17)12-3-2-6-16-12/h4-5,7-9,12,16,18H,2-3,6H2,1H3/t12-/m0/s1. The van der Waals surface area contributed by atoms with Crippen LogP contribution in [0.25, 0.3) is 5.69 Å². The van der Waals surface area contributed by atoms with E-state index in [4.69, 9.17) is 0 Å². The maximum atomic E-state index is 9.48. The van der Waals surface area contributed by atoms with Crippen molar-refractivity contribution >= 4 is 0 Å². The molecule has 1 aliphatic rings. The van der Waals surface area contributed by atoms with E-state index in [2.05, 4.69) is 14.9 Å². The second-order valence-corrected chi connectivity index (χ2v) is 4.81. The third-order valence-electron chi connectivity index (χ3n) is 3.52. The lowest BCUT2D eigenvalue weighted by Crippen LogP contribution is -2.16. The van der Waals surface area contributed by atoms with Gasteiger partial charge in [0.2, 0.25) is 0 Å². The molecule has 3 rings (SSSR count). The topological polar surface area (TPSA) is 50.1 Å².